The summed E-state index contributed by atoms with van der Waals surface area (Å²) in [7, 11) is 2.10. The molecule has 3 heterocycles. The number of benzene rings is 2. The number of nitrogens with one attached hydrogen (secondary N) is 1. The molecule has 1 atom stereocenters. The zero-order valence-electron chi connectivity index (χ0n) is 17.2. The molecule has 1 amide bonds. The second-order valence-corrected chi connectivity index (χ2v) is 8.24. The highest BCUT2D eigenvalue weighted by Gasteiger charge is 2.22. The minimum Gasteiger partial charge on any atom is -0.378 e. The largest absolute Gasteiger partial charge is 0.378 e. The molecule has 5 heteroatoms. The average Bonchev–Trinajstić information content (AvgIpc) is 3.24. The maximum atomic E-state index is 12.8. The lowest BCUT2D eigenvalue weighted by molar-refractivity contribution is 0.0664. The molecule has 1 fully saturated rings. The highest BCUT2D eigenvalue weighted by Crippen LogP contribution is 2.34. The van der Waals surface area contributed by atoms with Gasteiger partial charge in [0.25, 0.3) is 5.91 Å². The second-order valence-electron chi connectivity index (χ2n) is 8.24. The number of rotatable bonds is 3. The number of carbonyl (C=O) groups is 1. The van der Waals surface area contributed by atoms with Crippen LogP contribution in [0.25, 0.3) is 11.1 Å². The van der Waals surface area contributed by atoms with Crippen LogP contribution in [0, 0.1) is 0 Å². The maximum Gasteiger partial charge on any atom is 0.253 e. The second kappa shape index (κ2) is 7.92. The summed E-state index contributed by atoms with van der Waals surface area (Å²) >= 11 is 0. The van der Waals surface area contributed by atoms with Crippen molar-refractivity contribution in [2.75, 3.05) is 38.5 Å². The van der Waals surface area contributed by atoms with E-state index in [0.29, 0.717) is 0 Å². The fourth-order valence-corrected chi connectivity index (χ4v) is 4.30. The zero-order valence-corrected chi connectivity index (χ0v) is 17.2. The molecule has 0 saturated carbocycles. The third kappa shape index (κ3) is 3.68. The number of pyridine rings is 1. The van der Waals surface area contributed by atoms with Gasteiger partial charge >= 0.3 is 0 Å². The van der Waals surface area contributed by atoms with E-state index in [-0.39, 0.29) is 11.9 Å². The Morgan fingerprint density at radius 3 is 2.50 bits per heavy atom. The number of nitrogens with zero attached hydrogens (tertiary/aromatic N) is 3. The number of anilines is 1. The Balaban J connectivity index is 1.32. The van der Waals surface area contributed by atoms with Crippen molar-refractivity contribution in [2.45, 2.75) is 12.5 Å². The molecule has 1 N–H and O–H groups in total. The molecular weight excluding hydrogens is 372 g/mol. The maximum absolute atomic E-state index is 12.8. The summed E-state index contributed by atoms with van der Waals surface area (Å²) in [5.41, 5.74) is 6.64. The third-order valence-electron chi connectivity index (χ3n) is 6.19. The Morgan fingerprint density at radius 1 is 0.967 bits per heavy atom. The van der Waals surface area contributed by atoms with Crippen molar-refractivity contribution in [1.29, 1.82) is 0 Å². The zero-order chi connectivity index (χ0) is 20.5. The lowest BCUT2D eigenvalue weighted by atomic mass is 9.99. The van der Waals surface area contributed by atoms with E-state index in [0.717, 1.165) is 49.3 Å². The van der Waals surface area contributed by atoms with E-state index in [1.165, 1.54) is 16.8 Å². The summed E-state index contributed by atoms with van der Waals surface area (Å²) in [5, 5.41) is 3.60. The minimum atomic E-state index is 0.120. The number of piperazine rings is 1. The number of hydrogen-bond donors (Lipinski definition) is 1. The van der Waals surface area contributed by atoms with Gasteiger partial charge in [-0.3, -0.25) is 9.78 Å². The van der Waals surface area contributed by atoms with Gasteiger partial charge in [0.1, 0.15) is 0 Å². The Labute approximate surface area is 177 Å². The molecule has 30 heavy (non-hydrogen) atoms. The third-order valence-corrected chi connectivity index (χ3v) is 6.19. The van der Waals surface area contributed by atoms with Gasteiger partial charge in [-0.25, -0.2) is 0 Å². The molecule has 2 aliphatic heterocycles. The quantitative estimate of drug-likeness (QED) is 0.728. The first-order chi connectivity index (χ1) is 14.7. The molecule has 0 spiro atoms. The molecule has 5 nitrogen and oxygen atoms in total. The minimum absolute atomic E-state index is 0.120. The van der Waals surface area contributed by atoms with Crippen molar-refractivity contribution in [3.63, 3.8) is 0 Å². The lowest BCUT2D eigenvalue weighted by Crippen LogP contribution is -2.47. The first-order valence-corrected chi connectivity index (χ1v) is 10.5. The highest BCUT2D eigenvalue weighted by molar-refractivity contribution is 5.94. The van der Waals surface area contributed by atoms with Gasteiger partial charge in [-0.15, -0.1) is 0 Å². The summed E-state index contributed by atoms with van der Waals surface area (Å²) < 4.78 is 0. The van der Waals surface area contributed by atoms with Crippen LogP contribution >= 0.6 is 0 Å². The Morgan fingerprint density at radius 2 is 1.73 bits per heavy atom. The smallest absolute Gasteiger partial charge is 0.253 e. The molecule has 1 saturated heterocycles. The van der Waals surface area contributed by atoms with Gasteiger partial charge in [0.05, 0.1) is 6.04 Å². The fourth-order valence-electron chi connectivity index (χ4n) is 4.30. The van der Waals surface area contributed by atoms with E-state index in [9.17, 15) is 4.79 Å². The highest BCUT2D eigenvalue weighted by atomic mass is 16.2. The number of aromatic nitrogens is 1. The predicted octanol–water partition coefficient (Wildman–Crippen LogP) is 3.85. The topological polar surface area (TPSA) is 48.5 Å². The number of fused-ring (bicyclic) bond motifs is 1. The van der Waals surface area contributed by atoms with Gasteiger partial charge in [0, 0.05) is 55.4 Å². The fraction of sp³-hybridized carbons (Fsp3) is 0.280. The van der Waals surface area contributed by atoms with Crippen molar-refractivity contribution >= 4 is 11.6 Å². The van der Waals surface area contributed by atoms with E-state index in [4.69, 9.17) is 0 Å². The van der Waals surface area contributed by atoms with Crippen molar-refractivity contribution in [3.8, 4) is 11.1 Å². The number of likely N-dealkylation sites (N-methyl/N-ethyl adjacent to an activating group) is 1. The van der Waals surface area contributed by atoms with Gasteiger partial charge in [0.2, 0.25) is 0 Å². The Kier molecular flexibility index (Phi) is 4.97. The van der Waals surface area contributed by atoms with Crippen molar-refractivity contribution in [3.05, 3.63) is 83.7 Å². The number of amides is 1. The van der Waals surface area contributed by atoms with E-state index in [2.05, 4.69) is 52.6 Å². The molecule has 2 aromatic carbocycles. The van der Waals surface area contributed by atoms with Crippen molar-refractivity contribution in [1.82, 2.24) is 14.8 Å². The van der Waals surface area contributed by atoms with E-state index in [1.807, 2.05) is 41.6 Å². The van der Waals surface area contributed by atoms with E-state index in [1.54, 1.807) is 0 Å². The molecular formula is C25H26N4O. The number of hydrogen-bond acceptors (Lipinski definition) is 4. The van der Waals surface area contributed by atoms with Gasteiger partial charge in [0.15, 0.2) is 0 Å². The molecule has 5 rings (SSSR count). The van der Waals surface area contributed by atoms with Crippen LogP contribution in [-0.4, -0.2) is 53.9 Å². The monoisotopic (exact) mass is 398 g/mol. The van der Waals surface area contributed by atoms with Crippen LogP contribution in [-0.2, 0) is 6.42 Å². The Bertz CT molecular complexity index is 1030. The van der Waals surface area contributed by atoms with Crippen LogP contribution in [0.5, 0.6) is 0 Å². The SMILES string of the molecule is CN1CCN(C(=O)c2ccc(-c3cncc(C4Cc5ccccc5N4)c3)cc2)CC1. The summed E-state index contributed by atoms with van der Waals surface area (Å²) in [4.78, 5) is 21.5. The molecule has 0 radical (unpaired) electrons. The van der Waals surface area contributed by atoms with Gasteiger partial charge in [-0.2, -0.15) is 0 Å². The van der Waals surface area contributed by atoms with Gasteiger partial charge < -0.3 is 15.1 Å². The van der Waals surface area contributed by atoms with Crippen LogP contribution in [0.15, 0.2) is 67.0 Å². The summed E-state index contributed by atoms with van der Waals surface area (Å²) in [6, 6.07) is 18.8. The van der Waals surface area contributed by atoms with Crippen LogP contribution in [0.2, 0.25) is 0 Å². The summed E-state index contributed by atoms with van der Waals surface area (Å²) in [5.74, 6) is 0.120. The first kappa shape index (κ1) is 18.8. The molecule has 2 aliphatic rings. The molecule has 1 unspecified atom stereocenters. The molecule has 0 bridgehead atoms. The standard InChI is InChI=1S/C25H26N4O/c1-28-10-12-29(13-11-28)25(30)19-8-6-18(7-9-19)21-14-22(17-26-16-21)24-15-20-4-2-3-5-23(20)27-24/h2-9,14,16-17,24,27H,10-13,15H2,1H3. The van der Waals surface area contributed by atoms with Crippen molar-refractivity contribution < 1.29 is 4.79 Å². The van der Waals surface area contributed by atoms with Crippen molar-refractivity contribution in [2.24, 2.45) is 0 Å². The molecule has 152 valence electrons. The predicted molar refractivity (Wildman–Crippen MR) is 120 cm³/mol. The van der Waals surface area contributed by atoms with Crippen LogP contribution in [0.4, 0.5) is 5.69 Å². The van der Waals surface area contributed by atoms with Crippen LogP contribution in [0.1, 0.15) is 27.5 Å². The van der Waals surface area contributed by atoms with Crippen LogP contribution in [0.3, 0.4) is 0 Å². The molecule has 1 aromatic heterocycles. The van der Waals surface area contributed by atoms with Crippen LogP contribution < -0.4 is 5.32 Å². The number of para-hydroxylation sites is 1. The molecule has 3 aromatic rings. The average molecular weight is 399 g/mol. The first-order valence-electron chi connectivity index (χ1n) is 10.5. The van der Waals surface area contributed by atoms with Gasteiger partial charge in [-0.05, 0) is 54.4 Å². The normalized spacial score (nSPS) is 18.7. The van der Waals surface area contributed by atoms with Gasteiger partial charge in [-0.1, -0.05) is 30.3 Å². The Hall–Kier alpha value is -3.18. The van der Waals surface area contributed by atoms with E-state index < -0.39 is 0 Å². The summed E-state index contributed by atoms with van der Waals surface area (Å²) in [6.45, 7) is 3.45. The molecule has 0 aliphatic carbocycles. The number of carbonyl (C=O) groups excluding carboxylic acids is 1. The lowest BCUT2D eigenvalue weighted by Gasteiger charge is -2.32. The summed E-state index contributed by atoms with van der Waals surface area (Å²) in [6.07, 6.45) is 4.81. The van der Waals surface area contributed by atoms with E-state index >= 15 is 0 Å².